The van der Waals surface area contributed by atoms with Gasteiger partial charge in [0.25, 0.3) is 0 Å². The zero-order valence-electron chi connectivity index (χ0n) is 28.8. The third-order valence-corrected chi connectivity index (χ3v) is 14.6. The van der Waals surface area contributed by atoms with Crippen molar-refractivity contribution < 1.29 is 9.53 Å². The Hall–Kier alpha value is -1.83. The molecule has 2 unspecified atom stereocenters. The van der Waals surface area contributed by atoms with Crippen molar-refractivity contribution in [3.63, 3.8) is 0 Å². The van der Waals surface area contributed by atoms with Crippen LogP contribution < -0.4 is 0 Å². The second-order valence-electron chi connectivity index (χ2n) is 17.2. The minimum atomic E-state index is -0.00687. The van der Waals surface area contributed by atoms with Crippen LogP contribution in [-0.4, -0.2) is 12.1 Å². The van der Waals surface area contributed by atoms with Crippen molar-refractivity contribution in [1.82, 2.24) is 0 Å². The number of rotatable bonds is 6. The molecule has 8 atom stereocenters. The number of benzene rings is 1. The molecule has 2 saturated carbocycles. The van der Waals surface area contributed by atoms with Crippen molar-refractivity contribution >= 4 is 5.97 Å². The maximum Gasteiger partial charge on any atom is 0.309 e. The number of ether oxygens (including phenoxy) is 1. The molecule has 2 heteroatoms. The van der Waals surface area contributed by atoms with Crippen molar-refractivity contribution in [3.05, 3.63) is 58.2 Å². The average molecular weight is 585 g/mol. The third-order valence-electron chi connectivity index (χ3n) is 14.6. The molecule has 0 bridgehead atoms. The summed E-state index contributed by atoms with van der Waals surface area (Å²) in [4.78, 5) is 13.6. The van der Waals surface area contributed by atoms with Crippen LogP contribution in [0.25, 0.3) is 0 Å². The van der Waals surface area contributed by atoms with E-state index in [1.165, 1.54) is 74.5 Å². The fraction of sp³-hybridized carbons (Fsp3) is 0.732. The van der Waals surface area contributed by atoms with Gasteiger partial charge < -0.3 is 4.74 Å². The molecule has 0 radical (unpaired) electrons. The Labute approximate surface area is 263 Å². The summed E-state index contributed by atoms with van der Waals surface area (Å²) in [6, 6.07) is 8.65. The summed E-state index contributed by atoms with van der Waals surface area (Å²) in [6.07, 6.45) is 17.9. The van der Waals surface area contributed by atoms with Gasteiger partial charge in [0.2, 0.25) is 0 Å². The first-order valence-electron chi connectivity index (χ1n) is 17.9. The highest BCUT2D eigenvalue weighted by Crippen LogP contribution is 2.72. The standard InChI is InChI=1S/C41H60O2/c1-27(2)12-11-13-28(3)32-20-24-41(8)34-18-19-35-38(4,5)36(22-23-39(35,6)33(34)21-25-40(32,41)7)43-37(42)31-17-16-29-14-9-10-15-30(29)26-31/h9-10,12,14-15,28,31-32,35-36H,11,13,16-26H2,1-8H3/t28-,31?,32-,35?,36+,39-,40-,41+/m1/s1. The Kier molecular flexibility index (Phi) is 8.12. The SMILES string of the molecule is CC(C)=CCC[C@@H](C)[C@H]1CC[C@@]2(C)C3=C(CC[C@]12C)[C@@]1(C)CC[C@H](OC(=O)C2CCc4ccccc4C2)C(C)(C)C1CC3. The van der Waals surface area contributed by atoms with Gasteiger partial charge in [-0.1, -0.05) is 88.6 Å². The van der Waals surface area contributed by atoms with Gasteiger partial charge in [-0.2, -0.15) is 0 Å². The predicted octanol–water partition coefficient (Wildman–Crippen LogP) is 10.8. The molecule has 236 valence electrons. The smallest absolute Gasteiger partial charge is 0.309 e. The Morgan fingerprint density at radius 1 is 0.907 bits per heavy atom. The number of hydrogen-bond acceptors (Lipinski definition) is 2. The lowest BCUT2D eigenvalue weighted by molar-refractivity contribution is -0.174. The molecule has 5 aliphatic carbocycles. The molecule has 0 spiro atoms. The summed E-state index contributed by atoms with van der Waals surface area (Å²) < 4.78 is 6.52. The van der Waals surface area contributed by atoms with Gasteiger partial charge in [-0.05, 0) is 142 Å². The molecule has 2 fully saturated rings. The van der Waals surface area contributed by atoms with E-state index in [2.05, 4.69) is 85.7 Å². The summed E-state index contributed by atoms with van der Waals surface area (Å²) in [5.74, 6) is 2.27. The molecule has 0 aliphatic heterocycles. The van der Waals surface area contributed by atoms with Crippen LogP contribution in [-0.2, 0) is 22.4 Å². The second kappa shape index (κ2) is 11.2. The van der Waals surface area contributed by atoms with E-state index in [4.69, 9.17) is 4.74 Å². The highest BCUT2D eigenvalue weighted by molar-refractivity contribution is 5.73. The van der Waals surface area contributed by atoms with Gasteiger partial charge in [0.1, 0.15) is 6.10 Å². The van der Waals surface area contributed by atoms with Crippen LogP contribution in [0.5, 0.6) is 0 Å². The maximum atomic E-state index is 13.6. The van der Waals surface area contributed by atoms with Crippen LogP contribution in [0.1, 0.15) is 137 Å². The molecule has 6 rings (SSSR count). The first-order chi connectivity index (χ1) is 20.3. The maximum absolute atomic E-state index is 13.6. The van der Waals surface area contributed by atoms with Crippen LogP contribution in [0.15, 0.2) is 47.1 Å². The molecule has 0 saturated heterocycles. The zero-order valence-corrected chi connectivity index (χ0v) is 28.8. The monoisotopic (exact) mass is 584 g/mol. The van der Waals surface area contributed by atoms with Crippen LogP contribution in [0.2, 0.25) is 0 Å². The largest absolute Gasteiger partial charge is 0.462 e. The van der Waals surface area contributed by atoms with Crippen LogP contribution in [0.3, 0.4) is 0 Å². The first-order valence-corrected chi connectivity index (χ1v) is 17.9. The summed E-state index contributed by atoms with van der Waals surface area (Å²) in [5.41, 5.74) is 8.90. The average Bonchev–Trinajstić information content (AvgIpc) is 3.25. The summed E-state index contributed by atoms with van der Waals surface area (Å²) in [5, 5.41) is 0. The molecule has 43 heavy (non-hydrogen) atoms. The molecule has 0 N–H and O–H groups in total. The number of allylic oxidation sites excluding steroid dienone is 4. The van der Waals surface area contributed by atoms with Gasteiger partial charge in [0.05, 0.1) is 5.92 Å². The minimum absolute atomic E-state index is 0.00687. The fourth-order valence-corrected chi connectivity index (χ4v) is 11.8. The van der Waals surface area contributed by atoms with Gasteiger partial charge >= 0.3 is 5.97 Å². The van der Waals surface area contributed by atoms with E-state index in [1.807, 2.05) is 11.1 Å². The van der Waals surface area contributed by atoms with E-state index in [1.54, 1.807) is 0 Å². The van der Waals surface area contributed by atoms with E-state index >= 15 is 0 Å². The van der Waals surface area contributed by atoms with E-state index in [9.17, 15) is 4.79 Å². The Bertz CT molecular complexity index is 1290. The van der Waals surface area contributed by atoms with Gasteiger partial charge in [-0.3, -0.25) is 4.79 Å². The van der Waals surface area contributed by atoms with E-state index in [0.29, 0.717) is 16.7 Å². The number of esters is 1. The fourth-order valence-electron chi connectivity index (χ4n) is 11.8. The highest BCUT2D eigenvalue weighted by Gasteiger charge is 2.63. The normalized spacial score (nSPS) is 38.7. The van der Waals surface area contributed by atoms with Gasteiger partial charge in [0, 0.05) is 5.41 Å². The quantitative estimate of drug-likeness (QED) is 0.245. The van der Waals surface area contributed by atoms with Crippen molar-refractivity contribution in [2.24, 2.45) is 45.3 Å². The van der Waals surface area contributed by atoms with Crippen LogP contribution in [0.4, 0.5) is 0 Å². The summed E-state index contributed by atoms with van der Waals surface area (Å²) in [6.45, 7) is 19.9. The second-order valence-corrected chi connectivity index (χ2v) is 17.2. The number of carbonyl (C=O) groups is 1. The topological polar surface area (TPSA) is 26.3 Å². The Balaban J connectivity index is 1.19. The molecule has 2 nitrogen and oxygen atoms in total. The number of aryl methyl sites for hydroxylation is 1. The van der Waals surface area contributed by atoms with Crippen LogP contribution in [0, 0.1) is 45.3 Å². The molecular weight excluding hydrogens is 524 g/mol. The third kappa shape index (κ3) is 5.00. The van der Waals surface area contributed by atoms with Crippen molar-refractivity contribution in [3.8, 4) is 0 Å². The number of carbonyl (C=O) groups excluding carboxylic acids is 1. The van der Waals surface area contributed by atoms with Gasteiger partial charge in [-0.25, -0.2) is 0 Å². The molecule has 5 aliphatic rings. The van der Waals surface area contributed by atoms with Crippen molar-refractivity contribution in [2.45, 2.75) is 145 Å². The molecule has 1 aromatic carbocycles. The zero-order chi connectivity index (χ0) is 30.8. The van der Waals surface area contributed by atoms with Crippen LogP contribution >= 0.6 is 0 Å². The number of hydrogen-bond donors (Lipinski definition) is 0. The minimum Gasteiger partial charge on any atom is -0.462 e. The van der Waals surface area contributed by atoms with E-state index in [0.717, 1.165) is 37.5 Å². The lowest BCUT2D eigenvalue weighted by atomic mass is 9.43. The van der Waals surface area contributed by atoms with Crippen molar-refractivity contribution in [2.75, 3.05) is 0 Å². The molecular formula is C41H60O2. The van der Waals surface area contributed by atoms with Gasteiger partial charge in [0.15, 0.2) is 0 Å². The van der Waals surface area contributed by atoms with E-state index in [-0.39, 0.29) is 28.8 Å². The Morgan fingerprint density at radius 3 is 2.40 bits per heavy atom. The van der Waals surface area contributed by atoms with E-state index < -0.39 is 0 Å². The summed E-state index contributed by atoms with van der Waals surface area (Å²) >= 11 is 0. The van der Waals surface area contributed by atoms with Gasteiger partial charge in [-0.15, -0.1) is 0 Å². The molecule has 1 aromatic rings. The first kappa shape index (κ1) is 31.2. The highest BCUT2D eigenvalue weighted by atomic mass is 16.5. The number of fused-ring (bicyclic) bond motifs is 5. The molecule has 0 aromatic heterocycles. The summed E-state index contributed by atoms with van der Waals surface area (Å²) in [7, 11) is 0. The lowest BCUT2D eigenvalue weighted by Crippen LogP contribution is -2.56. The molecule has 0 heterocycles. The molecule has 0 amide bonds. The van der Waals surface area contributed by atoms with Crippen molar-refractivity contribution in [1.29, 1.82) is 0 Å². The predicted molar refractivity (Wildman–Crippen MR) is 179 cm³/mol. The Morgan fingerprint density at radius 2 is 1.65 bits per heavy atom. The lowest BCUT2D eigenvalue weighted by Gasteiger charge is -2.62.